The number of benzene rings is 2. The Balaban J connectivity index is 2.03. The van der Waals surface area contributed by atoms with Gasteiger partial charge in [0.1, 0.15) is 11.9 Å². The van der Waals surface area contributed by atoms with Crippen LogP contribution < -0.4 is 14.8 Å². The van der Waals surface area contributed by atoms with E-state index in [0.717, 1.165) is 10.5 Å². The van der Waals surface area contributed by atoms with Crippen LogP contribution in [0.2, 0.25) is 0 Å². The highest BCUT2D eigenvalue weighted by Crippen LogP contribution is 2.31. The van der Waals surface area contributed by atoms with E-state index in [1.807, 2.05) is 31.2 Å². The van der Waals surface area contributed by atoms with Crippen LogP contribution in [0, 0.1) is 6.92 Å². The van der Waals surface area contributed by atoms with Crippen molar-refractivity contribution in [1.82, 2.24) is 10.0 Å². The minimum Gasteiger partial charge on any atom is -0.497 e. The van der Waals surface area contributed by atoms with Crippen molar-refractivity contribution >= 4 is 52.7 Å². The second-order valence-corrected chi connectivity index (χ2v) is 8.49. The molecule has 0 radical (unpaired) electrons. The first-order valence-corrected chi connectivity index (χ1v) is 9.25. The fraction of sp³-hybridized carbons (Fsp3) is 0.235. The molecule has 0 aromatic heterocycles. The Morgan fingerprint density at radius 2 is 1.68 bits per heavy atom. The van der Waals surface area contributed by atoms with Crippen molar-refractivity contribution in [3.63, 3.8) is 0 Å². The maximum Gasteiger partial charge on any atom is 0.252 e. The van der Waals surface area contributed by atoms with Gasteiger partial charge in [0, 0.05) is 10.5 Å². The molecular weight excluding hydrogens is 403 g/mol. The SMILES string of the molecule is COc1ccc(C(=O)N[C@H](NSc2ccc(C)cc2)C(Cl)(Cl)Cl)cc1. The van der Waals surface area contributed by atoms with E-state index in [1.165, 1.54) is 11.9 Å². The fourth-order valence-corrected chi connectivity index (χ4v) is 3.15. The molecule has 1 atom stereocenters. The summed E-state index contributed by atoms with van der Waals surface area (Å²) in [6, 6.07) is 14.5. The first-order valence-electron chi connectivity index (χ1n) is 7.30. The van der Waals surface area contributed by atoms with Gasteiger partial charge in [-0.25, -0.2) is 4.72 Å². The molecule has 2 aromatic carbocycles. The van der Waals surface area contributed by atoms with Crippen LogP contribution in [-0.2, 0) is 0 Å². The van der Waals surface area contributed by atoms with Crippen LogP contribution in [0.15, 0.2) is 53.4 Å². The predicted octanol–water partition coefficient (Wildman–Crippen LogP) is 4.73. The summed E-state index contributed by atoms with van der Waals surface area (Å²) < 4.78 is 6.33. The lowest BCUT2D eigenvalue weighted by Gasteiger charge is -2.26. The maximum atomic E-state index is 12.4. The zero-order valence-electron chi connectivity index (χ0n) is 13.6. The summed E-state index contributed by atoms with van der Waals surface area (Å²) >= 11 is 19.2. The van der Waals surface area contributed by atoms with Gasteiger partial charge in [0.25, 0.3) is 5.91 Å². The molecule has 0 unspecified atom stereocenters. The Labute approximate surface area is 166 Å². The van der Waals surface area contributed by atoms with Gasteiger partial charge in [-0.1, -0.05) is 52.5 Å². The molecule has 0 fully saturated rings. The normalized spacial score (nSPS) is 12.5. The summed E-state index contributed by atoms with van der Waals surface area (Å²) in [5.41, 5.74) is 1.58. The van der Waals surface area contributed by atoms with Gasteiger partial charge in [-0.2, -0.15) is 0 Å². The summed E-state index contributed by atoms with van der Waals surface area (Å²) in [6.45, 7) is 2.00. The molecule has 2 N–H and O–H groups in total. The highest BCUT2D eigenvalue weighted by atomic mass is 35.6. The molecular formula is C17H17Cl3N2O2S. The van der Waals surface area contributed by atoms with Crippen molar-refractivity contribution in [2.75, 3.05) is 7.11 Å². The lowest BCUT2D eigenvalue weighted by Crippen LogP contribution is -2.51. The zero-order chi connectivity index (χ0) is 18.4. The molecule has 2 rings (SSSR count). The number of aryl methyl sites for hydroxylation is 1. The minimum absolute atomic E-state index is 0.365. The third kappa shape index (κ3) is 6.28. The second-order valence-electron chi connectivity index (χ2n) is 5.21. The summed E-state index contributed by atoms with van der Waals surface area (Å²) in [7, 11) is 1.56. The number of methoxy groups -OCH3 is 1. The number of rotatable bonds is 6. The number of amides is 1. The number of ether oxygens (including phenoxy) is 1. The highest BCUT2D eigenvalue weighted by Gasteiger charge is 2.34. The van der Waals surface area contributed by atoms with Crippen molar-refractivity contribution in [2.45, 2.75) is 21.8 Å². The number of carbonyl (C=O) groups is 1. The zero-order valence-corrected chi connectivity index (χ0v) is 16.6. The number of hydrogen-bond acceptors (Lipinski definition) is 4. The molecule has 1 amide bonds. The van der Waals surface area contributed by atoms with E-state index >= 15 is 0 Å². The summed E-state index contributed by atoms with van der Waals surface area (Å²) in [4.78, 5) is 13.3. The Bertz CT molecular complexity index is 703. The molecule has 0 spiro atoms. The number of hydrogen-bond donors (Lipinski definition) is 2. The molecule has 0 aliphatic heterocycles. The fourth-order valence-electron chi connectivity index (χ4n) is 1.87. The van der Waals surface area contributed by atoms with Crippen LogP contribution in [0.4, 0.5) is 0 Å². The summed E-state index contributed by atoms with van der Waals surface area (Å²) in [6.07, 6.45) is -0.890. The smallest absolute Gasteiger partial charge is 0.252 e. The topological polar surface area (TPSA) is 50.4 Å². The van der Waals surface area contributed by atoms with Gasteiger partial charge in [-0.3, -0.25) is 4.79 Å². The predicted molar refractivity (Wildman–Crippen MR) is 105 cm³/mol. The van der Waals surface area contributed by atoms with Crippen molar-refractivity contribution in [2.24, 2.45) is 0 Å². The van der Waals surface area contributed by atoms with Crippen molar-refractivity contribution in [3.05, 3.63) is 59.7 Å². The van der Waals surface area contributed by atoms with Gasteiger partial charge < -0.3 is 10.1 Å². The first kappa shape index (κ1) is 20.2. The summed E-state index contributed by atoms with van der Waals surface area (Å²) in [5, 5.41) is 2.68. The van der Waals surface area contributed by atoms with Crippen LogP contribution in [-0.4, -0.2) is 23.0 Å². The van der Waals surface area contributed by atoms with Gasteiger partial charge in [0.15, 0.2) is 0 Å². The minimum atomic E-state index is -1.72. The van der Waals surface area contributed by atoms with Gasteiger partial charge in [0.2, 0.25) is 3.79 Å². The van der Waals surface area contributed by atoms with Gasteiger partial charge >= 0.3 is 0 Å². The molecule has 25 heavy (non-hydrogen) atoms. The molecule has 0 saturated carbocycles. The van der Waals surface area contributed by atoms with Gasteiger partial charge in [-0.05, 0) is 55.3 Å². The first-order chi connectivity index (χ1) is 11.8. The van der Waals surface area contributed by atoms with Crippen molar-refractivity contribution < 1.29 is 9.53 Å². The lowest BCUT2D eigenvalue weighted by molar-refractivity contribution is 0.0935. The molecule has 8 heteroatoms. The second kappa shape index (κ2) is 9.01. The van der Waals surface area contributed by atoms with Crippen LogP contribution in [0.5, 0.6) is 5.75 Å². The Hall–Kier alpha value is -1.11. The standard InChI is InChI=1S/C17H17Cl3N2O2S/c1-11-3-9-14(10-4-11)25-22-16(17(18,19)20)21-15(23)12-5-7-13(24-2)8-6-12/h3-10,16,22H,1-2H3,(H,21,23)/t16-/m1/s1. The monoisotopic (exact) mass is 418 g/mol. The lowest BCUT2D eigenvalue weighted by atomic mass is 10.2. The highest BCUT2D eigenvalue weighted by molar-refractivity contribution is 7.97. The van der Waals surface area contributed by atoms with Crippen molar-refractivity contribution in [1.29, 1.82) is 0 Å². The van der Waals surface area contributed by atoms with Crippen LogP contribution in [0.25, 0.3) is 0 Å². The van der Waals surface area contributed by atoms with E-state index in [2.05, 4.69) is 10.0 Å². The third-order valence-corrected chi connectivity index (χ3v) is 4.79. The molecule has 0 aliphatic carbocycles. The Morgan fingerprint density at radius 1 is 1.08 bits per heavy atom. The van der Waals surface area contributed by atoms with Crippen molar-refractivity contribution in [3.8, 4) is 5.75 Å². The third-order valence-electron chi connectivity index (χ3n) is 3.27. The van der Waals surface area contributed by atoms with Gasteiger partial charge in [0.05, 0.1) is 7.11 Å². The largest absolute Gasteiger partial charge is 0.497 e. The maximum absolute atomic E-state index is 12.4. The quantitative estimate of drug-likeness (QED) is 0.404. The Kier molecular flexibility index (Phi) is 7.28. The summed E-state index contributed by atoms with van der Waals surface area (Å²) in [5.74, 6) is 0.290. The molecule has 0 heterocycles. The number of carbonyl (C=O) groups excluding carboxylic acids is 1. The van der Waals surface area contributed by atoms with E-state index in [4.69, 9.17) is 39.5 Å². The van der Waals surface area contributed by atoms with Crippen LogP contribution in [0.3, 0.4) is 0 Å². The van der Waals surface area contributed by atoms with E-state index in [9.17, 15) is 4.79 Å². The molecule has 0 aliphatic rings. The number of halogens is 3. The Morgan fingerprint density at radius 3 is 2.20 bits per heavy atom. The molecule has 0 bridgehead atoms. The molecule has 2 aromatic rings. The van der Waals surface area contributed by atoms with E-state index in [0.29, 0.717) is 11.3 Å². The van der Waals surface area contributed by atoms with E-state index < -0.39 is 9.96 Å². The molecule has 0 saturated heterocycles. The molecule has 134 valence electrons. The number of nitrogens with one attached hydrogen (secondary N) is 2. The van der Waals surface area contributed by atoms with Crippen LogP contribution in [0.1, 0.15) is 15.9 Å². The van der Waals surface area contributed by atoms with E-state index in [-0.39, 0.29) is 5.91 Å². The average Bonchev–Trinajstić information content (AvgIpc) is 2.59. The van der Waals surface area contributed by atoms with Crippen LogP contribution >= 0.6 is 46.8 Å². The number of alkyl halides is 3. The average molecular weight is 420 g/mol. The van der Waals surface area contributed by atoms with Gasteiger partial charge in [-0.15, -0.1) is 0 Å². The van der Waals surface area contributed by atoms with E-state index in [1.54, 1.807) is 31.4 Å². The molecule has 4 nitrogen and oxygen atoms in total.